The smallest absolute Gasteiger partial charge is 0.321 e. The van der Waals surface area contributed by atoms with Crippen molar-refractivity contribution in [3.63, 3.8) is 0 Å². The van der Waals surface area contributed by atoms with E-state index in [0.717, 1.165) is 10.5 Å². The van der Waals surface area contributed by atoms with Gasteiger partial charge in [0.15, 0.2) is 6.54 Å². The van der Waals surface area contributed by atoms with Crippen molar-refractivity contribution in [3.05, 3.63) is 35.6 Å². The number of hydrogen-bond acceptors (Lipinski definition) is 2. The van der Waals surface area contributed by atoms with Crippen LogP contribution in [0.2, 0.25) is 0 Å². The lowest BCUT2D eigenvalue weighted by molar-refractivity contribution is -0.885. The van der Waals surface area contributed by atoms with E-state index in [1.54, 1.807) is 12.1 Å². The molecule has 0 saturated carbocycles. The van der Waals surface area contributed by atoms with E-state index in [-0.39, 0.29) is 24.3 Å². The molecule has 0 fully saturated rings. The minimum absolute atomic E-state index is 0.0276. The molecule has 3 amide bonds. The highest BCUT2D eigenvalue weighted by Crippen LogP contribution is 2.01. The molecule has 0 aliphatic carbocycles. The molecule has 5 nitrogen and oxygen atoms in total. The second kappa shape index (κ2) is 7.59. The fraction of sp³-hybridized carbons (Fsp3) is 0.429. The molecule has 0 radical (unpaired) electrons. The number of amides is 3. The van der Waals surface area contributed by atoms with Crippen LogP contribution in [0.1, 0.15) is 19.4 Å². The molecule has 0 saturated heterocycles. The Morgan fingerprint density at radius 1 is 1.35 bits per heavy atom. The first-order chi connectivity index (χ1) is 9.36. The molecule has 1 rings (SSSR count). The predicted octanol–water partition coefficient (Wildman–Crippen LogP) is 0.0746. The first kappa shape index (κ1) is 16.1. The average Bonchev–Trinajstić information content (AvgIpc) is 2.26. The number of carbonyl (C=O) groups excluding carboxylic acids is 2. The van der Waals surface area contributed by atoms with Crippen molar-refractivity contribution in [3.8, 4) is 0 Å². The maximum absolute atomic E-state index is 13.0. The van der Waals surface area contributed by atoms with E-state index in [0.29, 0.717) is 6.54 Å². The number of urea groups is 1. The van der Waals surface area contributed by atoms with Gasteiger partial charge in [-0.15, -0.1) is 0 Å². The highest BCUT2D eigenvalue weighted by Gasteiger charge is 2.14. The summed E-state index contributed by atoms with van der Waals surface area (Å²) in [6.45, 7) is 4.27. The second-order valence-electron chi connectivity index (χ2n) is 5.12. The largest absolute Gasteiger partial charge is 0.336 e. The van der Waals surface area contributed by atoms with Gasteiger partial charge in [0.05, 0.1) is 7.05 Å². The molecule has 1 aromatic carbocycles. The third-order valence-electron chi connectivity index (χ3n) is 2.53. The fourth-order valence-corrected chi connectivity index (χ4v) is 1.80. The van der Waals surface area contributed by atoms with Crippen molar-refractivity contribution in [2.24, 2.45) is 0 Å². The van der Waals surface area contributed by atoms with Crippen LogP contribution in [0.3, 0.4) is 0 Å². The summed E-state index contributed by atoms with van der Waals surface area (Å²) in [6, 6.07) is 5.72. The van der Waals surface area contributed by atoms with Crippen LogP contribution < -0.4 is 15.5 Å². The average molecular weight is 282 g/mol. The molecule has 0 aromatic heterocycles. The molecule has 0 aliphatic heterocycles. The maximum atomic E-state index is 13.0. The number of rotatable bonds is 5. The molecule has 20 heavy (non-hydrogen) atoms. The molecule has 1 atom stereocenters. The van der Waals surface area contributed by atoms with Crippen LogP contribution in [0, 0.1) is 5.82 Å². The van der Waals surface area contributed by atoms with Gasteiger partial charge >= 0.3 is 6.03 Å². The Hall–Kier alpha value is -1.95. The SMILES string of the molecule is CC(C)NC(=O)NC(=O)C[NH+](C)Cc1cccc(F)c1. The summed E-state index contributed by atoms with van der Waals surface area (Å²) in [5.74, 6) is -0.659. The minimum atomic E-state index is -0.497. The fourth-order valence-electron chi connectivity index (χ4n) is 1.80. The number of benzene rings is 1. The highest BCUT2D eigenvalue weighted by molar-refractivity contribution is 5.94. The van der Waals surface area contributed by atoms with Crippen LogP contribution in [0.25, 0.3) is 0 Å². The summed E-state index contributed by atoms with van der Waals surface area (Å²) < 4.78 is 13.0. The summed E-state index contributed by atoms with van der Waals surface area (Å²) in [4.78, 5) is 23.8. The van der Waals surface area contributed by atoms with Gasteiger partial charge < -0.3 is 10.2 Å². The minimum Gasteiger partial charge on any atom is -0.336 e. The van der Waals surface area contributed by atoms with Gasteiger partial charge in [-0.3, -0.25) is 10.1 Å². The summed E-state index contributed by atoms with van der Waals surface area (Å²) in [5, 5.41) is 4.83. The van der Waals surface area contributed by atoms with Gasteiger partial charge in [0.1, 0.15) is 12.4 Å². The quantitative estimate of drug-likeness (QED) is 0.716. The molecule has 6 heteroatoms. The Kier molecular flexibility index (Phi) is 6.11. The Morgan fingerprint density at radius 2 is 2.05 bits per heavy atom. The van der Waals surface area contributed by atoms with Crippen LogP contribution in [-0.2, 0) is 11.3 Å². The molecule has 110 valence electrons. The number of carbonyl (C=O) groups is 2. The molecule has 0 heterocycles. The van der Waals surface area contributed by atoms with E-state index in [4.69, 9.17) is 0 Å². The topological polar surface area (TPSA) is 62.6 Å². The van der Waals surface area contributed by atoms with E-state index >= 15 is 0 Å². The Balaban J connectivity index is 2.40. The zero-order valence-electron chi connectivity index (χ0n) is 12.0. The van der Waals surface area contributed by atoms with Crippen molar-refractivity contribution >= 4 is 11.9 Å². The van der Waals surface area contributed by atoms with E-state index in [1.807, 2.05) is 20.9 Å². The summed E-state index contributed by atoms with van der Waals surface area (Å²) >= 11 is 0. The molecule has 0 spiro atoms. The van der Waals surface area contributed by atoms with Crippen molar-refractivity contribution < 1.29 is 18.9 Å². The van der Waals surface area contributed by atoms with Crippen molar-refractivity contribution in [2.75, 3.05) is 13.6 Å². The Labute approximate surface area is 118 Å². The molecule has 1 unspecified atom stereocenters. The van der Waals surface area contributed by atoms with Crippen molar-refractivity contribution in [1.82, 2.24) is 10.6 Å². The summed E-state index contributed by atoms with van der Waals surface area (Å²) in [7, 11) is 1.81. The number of halogens is 1. The van der Waals surface area contributed by atoms with Gasteiger partial charge in [0.25, 0.3) is 5.91 Å². The van der Waals surface area contributed by atoms with Gasteiger partial charge in [0, 0.05) is 11.6 Å². The molecular formula is C14H21FN3O2+. The van der Waals surface area contributed by atoms with Gasteiger partial charge in [0.2, 0.25) is 0 Å². The lowest BCUT2D eigenvalue weighted by Crippen LogP contribution is -3.09. The Bertz CT molecular complexity index is 477. The molecule has 0 bridgehead atoms. The molecule has 1 aromatic rings. The van der Waals surface area contributed by atoms with Gasteiger partial charge in [-0.1, -0.05) is 12.1 Å². The van der Waals surface area contributed by atoms with Crippen LogP contribution in [0.15, 0.2) is 24.3 Å². The van der Waals surface area contributed by atoms with Crippen LogP contribution in [-0.4, -0.2) is 31.6 Å². The van der Waals surface area contributed by atoms with Gasteiger partial charge in [-0.25, -0.2) is 9.18 Å². The van der Waals surface area contributed by atoms with Gasteiger partial charge in [-0.05, 0) is 26.0 Å². The summed E-state index contributed by atoms with van der Waals surface area (Å²) in [6.07, 6.45) is 0. The third-order valence-corrected chi connectivity index (χ3v) is 2.53. The Morgan fingerprint density at radius 3 is 2.65 bits per heavy atom. The lowest BCUT2D eigenvalue weighted by atomic mass is 10.2. The van der Waals surface area contributed by atoms with E-state index in [2.05, 4.69) is 10.6 Å². The highest BCUT2D eigenvalue weighted by atomic mass is 19.1. The number of quaternary nitrogens is 1. The van der Waals surface area contributed by atoms with Crippen LogP contribution >= 0.6 is 0 Å². The maximum Gasteiger partial charge on any atom is 0.321 e. The standard InChI is InChI=1S/C14H20FN3O2/c1-10(2)16-14(20)17-13(19)9-18(3)8-11-5-4-6-12(15)7-11/h4-7,10H,8-9H2,1-3H3,(H2,16,17,19,20)/p+1. The van der Waals surface area contributed by atoms with E-state index < -0.39 is 6.03 Å². The van der Waals surface area contributed by atoms with E-state index in [1.165, 1.54) is 12.1 Å². The predicted molar refractivity (Wildman–Crippen MR) is 73.7 cm³/mol. The molecule has 0 aliphatic rings. The first-order valence-electron chi connectivity index (χ1n) is 6.53. The number of nitrogens with one attached hydrogen (secondary N) is 3. The summed E-state index contributed by atoms with van der Waals surface area (Å²) in [5.41, 5.74) is 0.807. The normalized spacial score (nSPS) is 12.1. The zero-order chi connectivity index (χ0) is 15.1. The number of hydrogen-bond donors (Lipinski definition) is 3. The number of imide groups is 1. The van der Waals surface area contributed by atoms with Gasteiger partial charge in [-0.2, -0.15) is 0 Å². The van der Waals surface area contributed by atoms with Crippen molar-refractivity contribution in [2.45, 2.75) is 26.4 Å². The van der Waals surface area contributed by atoms with Crippen LogP contribution in [0.4, 0.5) is 9.18 Å². The lowest BCUT2D eigenvalue weighted by Gasteiger charge is -2.14. The first-order valence-corrected chi connectivity index (χ1v) is 6.53. The zero-order valence-corrected chi connectivity index (χ0v) is 12.0. The molecular weight excluding hydrogens is 261 g/mol. The third kappa shape index (κ3) is 6.29. The van der Waals surface area contributed by atoms with E-state index in [9.17, 15) is 14.0 Å². The number of likely N-dealkylation sites (N-methyl/N-ethyl adjacent to an activating group) is 1. The second-order valence-corrected chi connectivity index (χ2v) is 5.12. The molecule has 3 N–H and O–H groups in total. The monoisotopic (exact) mass is 282 g/mol. The van der Waals surface area contributed by atoms with Crippen LogP contribution in [0.5, 0.6) is 0 Å². The van der Waals surface area contributed by atoms with Crippen molar-refractivity contribution in [1.29, 1.82) is 0 Å².